The number of rotatable bonds is 4. The Morgan fingerprint density at radius 2 is 1.88 bits per heavy atom. The van der Waals surface area contributed by atoms with Crippen molar-refractivity contribution < 1.29 is 0 Å². The Morgan fingerprint density at radius 1 is 1.18 bits per heavy atom. The maximum Gasteiger partial charge on any atom is 0.0327 e. The second-order valence-electron chi connectivity index (χ2n) is 6.33. The number of nitrogens with zero attached hydrogens (tertiary/aromatic N) is 1. The van der Waals surface area contributed by atoms with Crippen LogP contribution in [0.15, 0.2) is 0 Å². The maximum atomic E-state index is 6.05. The Kier molecular flexibility index (Phi) is 4.45. The molecule has 17 heavy (non-hydrogen) atoms. The van der Waals surface area contributed by atoms with Crippen molar-refractivity contribution in [1.82, 2.24) is 10.2 Å². The molecule has 3 N–H and O–H groups in total. The molecule has 2 saturated carbocycles. The molecular formula is C14H29N3. The number of likely N-dealkylation sites (N-methyl/N-ethyl adjacent to an activating group) is 1. The van der Waals surface area contributed by atoms with Crippen LogP contribution < -0.4 is 11.1 Å². The molecule has 0 aromatic rings. The Morgan fingerprint density at radius 3 is 2.47 bits per heavy atom. The van der Waals surface area contributed by atoms with E-state index in [1.54, 1.807) is 0 Å². The van der Waals surface area contributed by atoms with Gasteiger partial charge in [0.15, 0.2) is 0 Å². The van der Waals surface area contributed by atoms with Gasteiger partial charge in [-0.2, -0.15) is 0 Å². The number of hydrogen-bond acceptors (Lipinski definition) is 3. The second-order valence-corrected chi connectivity index (χ2v) is 6.33. The Bertz CT molecular complexity index is 234. The third-order valence-corrected chi connectivity index (χ3v) is 4.92. The molecule has 2 fully saturated rings. The minimum Gasteiger partial charge on any atom is -0.328 e. The minimum absolute atomic E-state index is 0.418. The molecule has 0 radical (unpaired) electrons. The van der Waals surface area contributed by atoms with E-state index in [1.807, 2.05) is 0 Å². The van der Waals surface area contributed by atoms with Crippen LogP contribution in [0, 0.1) is 0 Å². The van der Waals surface area contributed by atoms with E-state index in [-0.39, 0.29) is 0 Å². The molecule has 0 amide bonds. The van der Waals surface area contributed by atoms with Crippen LogP contribution in [-0.2, 0) is 0 Å². The fourth-order valence-corrected chi connectivity index (χ4v) is 3.56. The average Bonchev–Trinajstić information content (AvgIpc) is 2.76. The molecule has 3 heteroatoms. The van der Waals surface area contributed by atoms with Crippen LogP contribution in [0.1, 0.15) is 51.4 Å². The van der Waals surface area contributed by atoms with Crippen LogP contribution in [0.25, 0.3) is 0 Å². The van der Waals surface area contributed by atoms with Crippen LogP contribution in [-0.4, -0.2) is 43.2 Å². The van der Waals surface area contributed by atoms with Gasteiger partial charge in [0.2, 0.25) is 0 Å². The molecule has 2 rings (SSSR count). The van der Waals surface area contributed by atoms with Crippen molar-refractivity contribution in [3.8, 4) is 0 Å². The molecule has 0 aliphatic heterocycles. The van der Waals surface area contributed by atoms with Crippen LogP contribution in [0.5, 0.6) is 0 Å². The molecule has 2 unspecified atom stereocenters. The summed E-state index contributed by atoms with van der Waals surface area (Å²) in [6.45, 7) is 1.15. The van der Waals surface area contributed by atoms with Gasteiger partial charge in [-0.15, -0.1) is 0 Å². The lowest BCUT2D eigenvalue weighted by molar-refractivity contribution is 0.144. The molecule has 0 aromatic heterocycles. The molecule has 100 valence electrons. The normalized spacial score (nSPS) is 33.2. The highest BCUT2D eigenvalue weighted by molar-refractivity contribution is 4.95. The van der Waals surface area contributed by atoms with E-state index in [9.17, 15) is 0 Å². The predicted molar refractivity (Wildman–Crippen MR) is 73.1 cm³/mol. The van der Waals surface area contributed by atoms with Crippen LogP contribution >= 0.6 is 0 Å². The zero-order chi connectivity index (χ0) is 12.3. The van der Waals surface area contributed by atoms with Crippen LogP contribution in [0.3, 0.4) is 0 Å². The molecule has 0 spiro atoms. The van der Waals surface area contributed by atoms with E-state index in [0.29, 0.717) is 17.6 Å². The first-order valence-electron chi connectivity index (χ1n) is 7.29. The van der Waals surface area contributed by atoms with Gasteiger partial charge in [0.05, 0.1) is 0 Å². The lowest BCUT2D eigenvalue weighted by Crippen LogP contribution is -2.52. The van der Waals surface area contributed by atoms with Crippen molar-refractivity contribution in [3.05, 3.63) is 0 Å². The van der Waals surface area contributed by atoms with Crippen molar-refractivity contribution in [3.63, 3.8) is 0 Å². The quantitative estimate of drug-likeness (QED) is 0.785. The summed E-state index contributed by atoms with van der Waals surface area (Å²) in [6.07, 6.45) is 10.5. The van der Waals surface area contributed by atoms with Crippen LogP contribution in [0.4, 0.5) is 0 Å². The van der Waals surface area contributed by atoms with E-state index in [4.69, 9.17) is 5.73 Å². The van der Waals surface area contributed by atoms with E-state index in [1.165, 1.54) is 51.4 Å². The molecule has 2 aliphatic carbocycles. The largest absolute Gasteiger partial charge is 0.328 e. The van der Waals surface area contributed by atoms with E-state index in [0.717, 1.165) is 6.54 Å². The summed E-state index contributed by atoms with van der Waals surface area (Å²) in [7, 11) is 4.47. The molecular weight excluding hydrogens is 210 g/mol. The molecule has 0 bridgehead atoms. The molecule has 0 heterocycles. The first-order chi connectivity index (χ1) is 8.12. The summed E-state index contributed by atoms with van der Waals surface area (Å²) in [4.78, 5) is 2.44. The summed E-state index contributed by atoms with van der Waals surface area (Å²) in [5, 5.41) is 3.79. The minimum atomic E-state index is 0.418. The summed E-state index contributed by atoms with van der Waals surface area (Å²) in [5.41, 5.74) is 6.47. The van der Waals surface area contributed by atoms with Crippen LogP contribution in [0.2, 0.25) is 0 Å². The fourth-order valence-electron chi connectivity index (χ4n) is 3.56. The topological polar surface area (TPSA) is 41.3 Å². The Labute approximate surface area is 106 Å². The highest BCUT2D eigenvalue weighted by Crippen LogP contribution is 2.33. The van der Waals surface area contributed by atoms with Gasteiger partial charge >= 0.3 is 0 Å². The van der Waals surface area contributed by atoms with Gasteiger partial charge in [-0.3, -0.25) is 0 Å². The van der Waals surface area contributed by atoms with Gasteiger partial charge in [-0.1, -0.05) is 19.3 Å². The van der Waals surface area contributed by atoms with Gasteiger partial charge in [0.25, 0.3) is 0 Å². The molecule has 2 atom stereocenters. The molecule has 0 aromatic carbocycles. The van der Waals surface area contributed by atoms with Gasteiger partial charge in [-0.05, 0) is 46.2 Å². The third kappa shape index (κ3) is 3.21. The van der Waals surface area contributed by atoms with Gasteiger partial charge in [-0.25, -0.2) is 0 Å². The zero-order valence-electron chi connectivity index (χ0n) is 11.5. The van der Waals surface area contributed by atoms with E-state index < -0.39 is 0 Å². The van der Waals surface area contributed by atoms with E-state index in [2.05, 4.69) is 24.3 Å². The third-order valence-electron chi connectivity index (χ3n) is 4.92. The van der Waals surface area contributed by atoms with Crippen molar-refractivity contribution in [1.29, 1.82) is 0 Å². The van der Waals surface area contributed by atoms with Crippen molar-refractivity contribution >= 4 is 0 Å². The summed E-state index contributed by atoms with van der Waals surface area (Å²) < 4.78 is 0. The van der Waals surface area contributed by atoms with Crippen molar-refractivity contribution in [2.24, 2.45) is 5.73 Å². The zero-order valence-corrected chi connectivity index (χ0v) is 11.5. The Balaban J connectivity index is 1.83. The number of hydrogen-bond donors (Lipinski definition) is 2. The number of nitrogens with one attached hydrogen (secondary N) is 1. The lowest BCUT2D eigenvalue weighted by Gasteiger charge is -2.39. The average molecular weight is 239 g/mol. The van der Waals surface area contributed by atoms with Gasteiger partial charge in [0, 0.05) is 24.2 Å². The fraction of sp³-hybridized carbons (Fsp3) is 1.00. The summed E-state index contributed by atoms with van der Waals surface area (Å²) in [5.74, 6) is 0. The highest BCUT2D eigenvalue weighted by atomic mass is 15.2. The summed E-state index contributed by atoms with van der Waals surface area (Å²) >= 11 is 0. The van der Waals surface area contributed by atoms with Gasteiger partial charge in [0.1, 0.15) is 0 Å². The standard InChI is InChI=1S/C14H29N3/c1-17(2)14(8-3-4-9-14)11-16-13-7-5-6-12(15)10-13/h12-13,16H,3-11,15H2,1-2H3. The molecule has 3 nitrogen and oxygen atoms in total. The molecule has 0 saturated heterocycles. The second kappa shape index (κ2) is 5.68. The van der Waals surface area contributed by atoms with E-state index >= 15 is 0 Å². The van der Waals surface area contributed by atoms with Gasteiger partial charge < -0.3 is 16.0 Å². The monoisotopic (exact) mass is 239 g/mol. The number of nitrogens with two attached hydrogens (primary N) is 1. The SMILES string of the molecule is CN(C)C1(CNC2CCCC(N)C2)CCCC1. The lowest BCUT2D eigenvalue weighted by atomic mass is 9.90. The van der Waals surface area contributed by atoms with Crippen molar-refractivity contribution in [2.45, 2.75) is 69.0 Å². The van der Waals surface area contributed by atoms with Crippen molar-refractivity contribution in [2.75, 3.05) is 20.6 Å². The Hall–Kier alpha value is -0.120. The first-order valence-corrected chi connectivity index (χ1v) is 7.29. The predicted octanol–water partition coefficient (Wildman–Crippen LogP) is 1.72. The highest BCUT2D eigenvalue weighted by Gasteiger charge is 2.36. The molecule has 2 aliphatic rings. The summed E-state index contributed by atoms with van der Waals surface area (Å²) in [6, 6.07) is 1.09. The smallest absolute Gasteiger partial charge is 0.0327 e. The maximum absolute atomic E-state index is 6.05. The first kappa shape index (κ1) is 13.3.